The Balaban J connectivity index is 0.00000288. The number of carbonyl (C=O) groups is 1. The number of piperidine rings is 1. The van der Waals surface area contributed by atoms with Crippen LogP contribution in [0.15, 0.2) is 23.1 Å². The summed E-state index contributed by atoms with van der Waals surface area (Å²) in [6.07, 6.45) is 3.44. The highest BCUT2D eigenvalue weighted by Gasteiger charge is 2.41. The highest BCUT2D eigenvalue weighted by atomic mass is 35.5. The van der Waals surface area contributed by atoms with E-state index in [4.69, 9.17) is 9.47 Å². The highest BCUT2D eigenvalue weighted by molar-refractivity contribution is 7.98. The van der Waals surface area contributed by atoms with Gasteiger partial charge >= 0.3 is 0 Å². The summed E-state index contributed by atoms with van der Waals surface area (Å²) in [7, 11) is 5.14. The van der Waals surface area contributed by atoms with Gasteiger partial charge in [-0.15, -0.1) is 24.2 Å². The number of nitrogens with one attached hydrogen (secondary N) is 1. The molecule has 1 aromatic carbocycles. The number of halogens is 1. The number of thioether (sulfide) groups is 1. The number of methoxy groups -OCH3 is 2. The molecule has 1 N–H and O–H groups in total. The second kappa shape index (κ2) is 9.51. The van der Waals surface area contributed by atoms with Crippen LogP contribution >= 0.6 is 24.2 Å². The molecule has 1 aliphatic rings. The van der Waals surface area contributed by atoms with E-state index in [1.54, 1.807) is 30.9 Å². The molecular weight excluding hydrogens is 348 g/mol. The first kappa shape index (κ1) is 21.1. The van der Waals surface area contributed by atoms with Crippen LogP contribution in [-0.4, -0.2) is 57.0 Å². The molecule has 1 aromatic rings. The van der Waals surface area contributed by atoms with Crippen molar-refractivity contribution in [3.05, 3.63) is 23.8 Å². The van der Waals surface area contributed by atoms with Crippen molar-refractivity contribution in [2.24, 2.45) is 0 Å². The maximum atomic E-state index is 12.9. The van der Waals surface area contributed by atoms with Crippen LogP contribution in [0.25, 0.3) is 0 Å². The van der Waals surface area contributed by atoms with Crippen molar-refractivity contribution in [2.75, 3.05) is 40.6 Å². The Morgan fingerprint density at radius 3 is 2.54 bits per heavy atom. The highest BCUT2D eigenvalue weighted by Crippen LogP contribution is 2.30. The van der Waals surface area contributed by atoms with Crippen LogP contribution in [0, 0.1) is 0 Å². The predicted molar refractivity (Wildman–Crippen MR) is 100 cm³/mol. The fourth-order valence-electron chi connectivity index (χ4n) is 3.01. The van der Waals surface area contributed by atoms with E-state index in [0.717, 1.165) is 29.3 Å². The van der Waals surface area contributed by atoms with Gasteiger partial charge in [-0.05, 0) is 49.9 Å². The van der Waals surface area contributed by atoms with Gasteiger partial charge in [-0.3, -0.25) is 4.79 Å². The molecule has 1 fully saturated rings. The lowest BCUT2D eigenvalue weighted by molar-refractivity contribution is -0.157. The number of amides is 1. The third kappa shape index (κ3) is 4.57. The van der Waals surface area contributed by atoms with Crippen molar-refractivity contribution < 1.29 is 14.3 Å². The van der Waals surface area contributed by atoms with Crippen LogP contribution in [0.3, 0.4) is 0 Å². The Kier molecular flexibility index (Phi) is 8.36. The topological polar surface area (TPSA) is 50.8 Å². The number of benzene rings is 1. The first-order valence-corrected chi connectivity index (χ1v) is 9.01. The van der Waals surface area contributed by atoms with Crippen molar-refractivity contribution in [1.82, 2.24) is 10.2 Å². The molecule has 136 valence electrons. The Bertz CT molecular complexity index is 551. The van der Waals surface area contributed by atoms with E-state index in [1.165, 1.54) is 0 Å². The molecule has 0 unspecified atom stereocenters. The van der Waals surface area contributed by atoms with E-state index in [2.05, 4.69) is 5.32 Å². The second-order valence-electron chi connectivity index (χ2n) is 5.80. The summed E-state index contributed by atoms with van der Waals surface area (Å²) in [6, 6.07) is 6.07. The summed E-state index contributed by atoms with van der Waals surface area (Å²) in [6.45, 7) is 2.16. The zero-order valence-electron chi connectivity index (χ0n) is 14.8. The zero-order chi connectivity index (χ0) is 16.9. The van der Waals surface area contributed by atoms with Gasteiger partial charge in [0.15, 0.2) is 0 Å². The molecule has 0 radical (unpaired) electrons. The van der Waals surface area contributed by atoms with Gasteiger partial charge in [0.05, 0.1) is 7.11 Å². The minimum atomic E-state index is -0.691. The summed E-state index contributed by atoms with van der Waals surface area (Å²) >= 11 is 1.65. The molecule has 1 aliphatic heterocycles. The second-order valence-corrected chi connectivity index (χ2v) is 6.65. The lowest BCUT2D eigenvalue weighted by Gasteiger charge is -2.37. The maximum absolute atomic E-state index is 12.9. The fraction of sp³-hybridized carbons (Fsp3) is 0.588. The summed E-state index contributed by atoms with van der Waals surface area (Å²) in [5.74, 6) is 0.897. The quantitative estimate of drug-likeness (QED) is 0.775. The van der Waals surface area contributed by atoms with Crippen LogP contribution in [0.5, 0.6) is 5.75 Å². The van der Waals surface area contributed by atoms with Crippen LogP contribution in [-0.2, 0) is 16.1 Å². The standard InChI is InChI=1S/C17H26N2O3S.ClH/c1-19(16(20)17(22-3)7-9-18-10-8-17)12-13-5-6-15(23-4)14(11-13)21-2;/h5-6,11,18H,7-10,12H2,1-4H3;1H. The number of carbonyl (C=O) groups excluding carboxylic acids is 1. The van der Waals surface area contributed by atoms with E-state index in [9.17, 15) is 4.79 Å². The van der Waals surface area contributed by atoms with Gasteiger partial charge < -0.3 is 19.7 Å². The fourth-order valence-corrected chi connectivity index (χ4v) is 3.56. The molecule has 7 heteroatoms. The third-order valence-corrected chi connectivity index (χ3v) is 5.18. The summed E-state index contributed by atoms with van der Waals surface area (Å²) in [4.78, 5) is 15.7. The Labute approximate surface area is 154 Å². The zero-order valence-corrected chi connectivity index (χ0v) is 16.4. The number of hydrogen-bond donors (Lipinski definition) is 1. The third-order valence-electron chi connectivity index (χ3n) is 4.41. The Hall–Kier alpha value is -0.950. The van der Waals surface area contributed by atoms with E-state index in [-0.39, 0.29) is 18.3 Å². The monoisotopic (exact) mass is 374 g/mol. The van der Waals surface area contributed by atoms with Gasteiger partial charge in [0, 0.05) is 25.6 Å². The number of nitrogens with zero attached hydrogens (tertiary/aromatic N) is 1. The molecule has 0 saturated carbocycles. The van der Waals surface area contributed by atoms with Gasteiger partial charge in [0.1, 0.15) is 11.4 Å². The average molecular weight is 375 g/mol. The minimum absolute atomic E-state index is 0. The molecule has 0 bridgehead atoms. The largest absolute Gasteiger partial charge is 0.496 e. The average Bonchev–Trinajstić information content (AvgIpc) is 2.61. The smallest absolute Gasteiger partial charge is 0.254 e. The normalized spacial score (nSPS) is 16.2. The SMILES string of the molecule is COc1cc(CN(C)C(=O)C2(OC)CCNCC2)ccc1SC.Cl. The molecule has 0 atom stereocenters. The minimum Gasteiger partial charge on any atom is -0.496 e. The van der Waals surface area contributed by atoms with E-state index in [0.29, 0.717) is 19.4 Å². The van der Waals surface area contributed by atoms with Gasteiger partial charge in [-0.2, -0.15) is 0 Å². The molecule has 1 saturated heterocycles. The molecule has 2 rings (SSSR count). The predicted octanol–water partition coefficient (Wildman–Crippen LogP) is 2.57. The van der Waals surface area contributed by atoms with Crippen molar-refractivity contribution in [1.29, 1.82) is 0 Å². The molecular formula is C17H27ClN2O3S. The van der Waals surface area contributed by atoms with Crippen LogP contribution in [0.4, 0.5) is 0 Å². The van der Waals surface area contributed by atoms with Crippen molar-refractivity contribution in [3.8, 4) is 5.75 Å². The number of ether oxygens (including phenoxy) is 2. The number of hydrogen-bond acceptors (Lipinski definition) is 5. The first-order valence-electron chi connectivity index (χ1n) is 7.78. The summed E-state index contributed by atoms with van der Waals surface area (Å²) < 4.78 is 11.0. The van der Waals surface area contributed by atoms with Crippen molar-refractivity contribution >= 4 is 30.1 Å². The van der Waals surface area contributed by atoms with Gasteiger partial charge in [-0.1, -0.05) is 6.07 Å². The Morgan fingerprint density at radius 1 is 1.33 bits per heavy atom. The lowest BCUT2D eigenvalue weighted by Crippen LogP contribution is -2.54. The Morgan fingerprint density at radius 2 is 2.00 bits per heavy atom. The molecule has 24 heavy (non-hydrogen) atoms. The van der Waals surface area contributed by atoms with E-state index < -0.39 is 5.60 Å². The van der Waals surface area contributed by atoms with Crippen molar-refractivity contribution in [3.63, 3.8) is 0 Å². The lowest BCUT2D eigenvalue weighted by atomic mass is 9.90. The van der Waals surface area contributed by atoms with E-state index >= 15 is 0 Å². The van der Waals surface area contributed by atoms with Gasteiger partial charge in [-0.25, -0.2) is 0 Å². The van der Waals surface area contributed by atoms with Crippen LogP contribution in [0.2, 0.25) is 0 Å². The maximum Gasteiger partial charge on any atom is 0.254 e. The van der Waals surface area contributed by atoms with Gasteiger partial charge in [0.2, 0.25) is 0 Å². The molecule has 1 amide bonds. The first-order chi connectivity index (χ1) is 11.1. The van der Waals surface area contributed by atoms with Crippen LogP contribution in [0.1, 0.15) is 18.4 Å². The summed E-state index contributed by atoms with van der Waals surface area (Å²) in [5.41, 5.74) is 0.360. The van der Waals surface area contributed by atoms with Gasteiger partial charge in [0.25, 0.3) is 5.91 Å². The molecule has 1 heterocycles. The summed E-state index contributed by atoms with van der Waals surface area (Å²) in [5, 5.41) is 3.28. The molecule has 0 spiro atoms. The molecule has 0 aliphatic carbocycles. The van der Waals surface area contributed by atoms with Crippen molar-refractivity contribution in [2.45, 2.75) is 29.9 Å². The molecule has 0 aromatic heterocycles. The van der Waals surface area contributed by atoms with Crippen LogP contribution < -0.4 is 10.1 Å². The van der Waals surface area contributed by atoms with E-state index in [1.807, 2.05) is 31.5 Å². The number of likely N-dealkylation sites (N-methyl/N-ethyl adjacent to an activating group) is 1. The number of rotatable bonds is 6. The molecule has 5 nitrogen and oxygen atoms in total.